The van der Waals surface area contributed by atoms with Gasteiger partial charge in [0.05, 0.1) is 23.7 Å². The van der Waals surface area contributed by atoms with Crippen molar-refractivity contribution in [3.8, 4) is 23.3 Å². The molecular formula is C20H13F2N3O3. The average Bonchev–Trinajstić information content (AvgIpc) is 2.67. The van der Waals surface area contributed by atoms with E-state index in [2.05, 4.69) is 9.97 Å². The summed E-state index contributed by atoms with van der Waals surface area (Å²) in [6.45, 7) is -0.166. The zero-order valence-electron chi connectivity index (χ0n) is 14.4. The van der Waals surface area contributed by atoms with Crippen molar-refractivity contribution in [3.05, 3.63) is 77.0 Å². The maximum atomic E-state index is 14.3. The van der Waals surface area contributed by atoms with E-state index in [9.17, 15) is 13.6 Å². The molecule has 1 aromatic heterocycles. The molecule has 8 heteroatoms. The zero-order chi connectivity index (χ0) is 20.1. The molecule has 0 amide bonds. The summed E-state index contributed by atoms with van der Waals surface area (Å²) in [6.07, 6.45) is 1.09. The third-order valence-electron chi connectivity index (χ3n) is 3.84. The first-order valence-electron chi connectivity index (χ1n) is 8.11. The lowest BCUT2D eigenvalue weighted by Gasteiger charge is -2.08. The number of halogens is 2. The van der Waals surface area contributed by atoms with Gasteiger partial charge in [-0.2, -0.15) is 10.2 Å². The van der Waals surface area contributed by atoms with Crippen LogP contribution >= 0.6 is 0 Å². The van der Waals surface area contributed by atoms with Gasteiger partial charge in [0.2, 0.25) is 0 Å². The molecule has 0 atom stereocenters. The second-order valence-electron chi connectivity index (χ2n) is 5.82. The fourth-order valence-corrected chi connectivity index (χ4v) is 2.49. The number of hydrogen-bond donors (Lipinski definition) is 1. The third kappa shape index (κ3) is 4.45. The molecule has 0 saturated carbocycles. The van der Waals surface area contributed by atoms with Gasteiger partial charge in [-0.25, -0.2) is 13.8 Å². The number of aliphatic carboxylic acids is 1. The molecule has 2 aromatic carbocycles. The van der Waals surface area contributed by atoms with Crippen LogP contribution in [-0.4, -0.2) is 21.0 Å². The highest BCUT2D eigenvalue weighted by Gasteiger charge is 2.12. The molecule has 0 saturated heterocycles. The Hall–Kier alpha value is -3.86. The maximum Gasteiger partial charge on any atom is 0.317 e. The van der Waals surface area contributed by atoms with E-state index in [0.29, 0.717) is 5.56 Å². The Labute approximate surface area is 158 Å². The molecule has 0 fully saturated rings. The lowest BCUT2D eigenvalue weighted by atomic mass is 10.1. The molecule has 1 N–H and O–H groups in total. The number of nitrogens with zero attached hydrogens (tertiary/aromatic N) is 3. The lowest BCUT2D eigenvalue weighted by Crippen LogP contribution is -2.03. The number of benzene rings is 2. The highest BCUT2D eigenvalue weighted by Crippen LogP contribution is 2.23. The average molecular weight is 381 g/mol. The second-order valence-corrected chi connectivity index (χ2v) is 5.82. The number of carboxylic acids is 1. The van der Waals surface area contributed by atoms with Gasteiger partial charge in [-0.3, -0.25) is 4.79 Å². The number of rotatable bonds is 6. The quantitative estimate of drug-likeness (QED) is 0.702. The Kier molecular flexibility index (Phi) is 5.56. The van der Waals surface area contributed by atoms with Crippen molar-refractivity contribution in [1.82, 2.24) is 9.97 Å². The van der Waals surface area contributed by atoms with E-state index in [0.717, 1.165) is 12.1 Å². The van der Waals surface area contributed by atoms with Crippen molar-refractivity contribution in [3.63, 3.8) is 0 Å². The normalized spacial score (nSPS) is 10.3. The summed E-state index contributed by atoms with van der Waals surface area (Å²) >= 11 is 0. The number of ether oxygens (including phenoxy) is 1. The van der Waals surface area contributed by atoms with Gasteiger partial charge in [0.15, 0.2) is 0 Å². The van der Waals surface area contributed by atoms with Gasteiger partial charge in [0.25, 0.3) is 0 Å². The van der Waals surface area contributed by atoms with Gasteiger partial charge in [-0.05, 0) is 35.9 Å². The van der Waals surface area contributed by atoms with Crippen molar-refractivity contribution in [2.45, 2.75) is 13.0 Å². The fraction of sp³-hybridized carbons (Fsp3) is 0.100. The summed E-state index contributed by atoms with van der Waals surface area (Å²) in [7, 11) is 0. The smallest absolute Gasteiger partial charge is 0.317 e. The van der Waals surface area contributed by atoms with Crippen LogP contribution in [0.2, 0.25) is 0 Å². The van der Waals surface area contributed by atoms with Crippen LogP contribution < -0.4 is 4.74 Å². The molecule has 140 valence electrons. The molecule has 3 rings (SSSR count). The number of carbonyl (C=O) groups is 1. The predicted molar refractivity (Wildman–Crippen MR) is 94.2 cm³/mol. The van der Waals surface area contributed by atoms with Gasteiger partial charge in [0.1, 0.15) is 18.2 Å². The summed E-state index contributed by atoms with van der Waals surface area (Å²) in [5, 5.41) is 17.5. The minimum Gasteiger partial charge on any atom is -0.481 e. The first kappa shape index (κ1) is 18.9. The van der Waals surface area contributed by atoms with Crippen molar-refractivity contribution < 1.29 is 23.4 Å². The van der Waals surface area contributed by atoms with Crippen LogP contribution in [0.15, 0.2) is 48.7 Å². The largest absolute Gasteiger partial charge is 0.481 e. The van der Waals surface area contributed by atoms with Crippen molar-refractivity contribution in [1.29, 1.82) is 5.26 Å². The first-order chi connectivity index (χ1) is 13.5. The summed E-state index contributed by atoms with van der Waals surface area (Å²) in [5.74, 6) is -2.27. The zero-order valence-corrected chi connectivity index (χ0v) is 14.4. The van der Waals surface area contributed by atoms with Gasteiger partial charge >= 0.3 is 12.0 Å². The molecule has 0 aliphatic heterocycles. The van der Waals surface area contributed by atoms with E-state index in [1.165, 1.54) is 36.5 Å². The topological polar surface area (TPSA) is 96.1 Å². The SMILES string of the molecule is N#Cc1ccc(COc2nccc(-c3ccc(CC(=O)O)cc3F)n2)c(F)c1. The number of carboxylic acid groups (broad SMARTS) is 1. The number of nitriles is 1. The molecule has 0 aliphatic rings. The van der Waals surface area contributed by atoms with Crippen LogP contribution in [0.1, 0.15) is 16.7 Å². The van der Waals surface area contributed by atoms with Gasteiger partial charge in [-0.1, -0.05) is 12.1 Å². The molecule has 0 unspecified atom stereocenters. The van der Waals surface area contributed by atoms with Crippen LogP contribution in [0, 0.1) is 23.0 Å². The molecule has 3 aromatic rings. The third-order valence-corrected chi connectivity index (χ3v) is 3.84. The van der Waals surface area contributed by atoms with Gasteiger partial charge in [0, 0.05) is 17.3 Å². The Balaban J connectivity index is 1.77. The highest BCUT2D eigenvalue weighted by atomic mass is 19.1. The highest BCUT2D eigenvalue weighted by molar-refractivity contribution is 5.71. The van der Waals surface area contributed by atoms with Crippen LogP contribution in [0.3, 0.4) is 0 Å². The molecule has 0 bridgehead atoms. The van der Waals surface area contributed by atoms with Crippen molar-refractivity contribution in [2.75, 3.05) is 0 Å². The van der Waals surface area contributed by atoms with E-state index in [-0.39, 0.29) is 41.4 Å². The first-order valence-corrected chi connectivity index (χ1v) is 8.11. The van der Waals surface area contributed by atoms with Crippen LogP contribution in [0.4, 0.5) is 8.78 Å². The molecule has 0 spiro atoms. The van der Waals surface area contributed by atoms with Crippen molar-refractivity contribution in [2.24, 2.45) is 0 Å². The molecule has 0 radical (unpaired) electrons. The summed E-state index contributed by atoms with van der Waals surface area (Å²) < 4.78 is 33.6. The molecule has 28 heavy (non-hydrogen) atoms. The minimum atomic E-state index is -1.06. The van der Waals surface area contributed by atoms with Crippen molar-refractivity contribution >= 4 is 5.97 Å². The summed E-state index contributed by atoms with van der Waals surface area (Å²) in [6, 6.07) is 11.3. The fourth-order valence-electron chi connectivity index (χ4n) is 2.49. The maximum absolute atomic E-state index is 14.3. The van der Waals surface area contributed by atoms with E-state index in [4.69, 9.17) is 15.1 Å². The van der Waals surface area contributed by atoms with E-state index >= 15 is 0 Å². The second kappa shape index (κ2) is 8.22. The predicted octanol–water partition coefficient (Wildman–Crippen LogP) is 3.50. The molecule has 1 heterocycles. The Morgan fingerprint density at radius 3 is 2.64 bits per heavy atom. The Bertz CT molecular complexity index is 1080. The van der Waals surface area contributed by atoms with Crippen LogP contribution in [-0.2, 0) is 17.8 Å². The standard InChI is InChI=1S/C20H13F2N3O3/c21-16-8-13(10-23)1-3-14(16)11-28-20-24-6-5-18(25-20)15-4-2-12(7-17(15)22)9-19(26)27/h1-8H,9,11H2,(H,26,27). The molecular weight excluding hydrogens is 368 g/mol. The Morgan fingerprint density at radius 1 is 1.14 bits per heavy atom. The van der Waals surface area contributed by atoms with E-state index < -0.39 is 17.6 Å². The number of aromatic nitrogens is 2. The number of hydrogen-bond acceptors (Lipinski definition) is 5. The lowest BCUT2D eigenvalue weighted by molar-refractivity contribution is -0.136. The van der Waals surface area contributed by atoms with Gasteiger partial charge < -0.3 is 9.84 Å². The van der Waals surface area contributed by atoms with Crippen LogP contribution in [0.25, 0.3) is 11.3 Å². The van der Waals surface area contributed by atoms with E-state index in [1.807, 2.05) is 6.07 Å². The molecule has 6 nitrogen and oxygen atoms in total. The molecule has 0 aliphatic carbocycles. The monoisotopic (exact) mass is 381 g/mol. The van der Waals surface area contributed by atoms with Crippen LogP contribution in [0.5, 0.6) is 6.01 Å². The Morgan fingerprint density at radius 2 is 1.96 bits per heavy atom. The minimum absolute atomic E-state index is 0.0738. The summed E-state index contributed by atoms with van der Waals surface area (Å²) in [4.78, 5) is 18.8. The van der Waals surface area contributed by atoms with E-state index in [1.54, 1.807) is 0 Å². The van der Waals surface area contributed by atoms with Gasteiger partial charge in [-0.15, -0.1) is 0 Å². The summed E-state index contributed by atoms with van der Waals surface area (Å²) in [5.41, 5.74) is 1.14.